The molecule has 0 aromatic heterocycles. The van der Waals surface area contributed by atoms with E-state index in [1.54, 1.807) is 0 Å². The van der Waals surface area contributed by atoms with E-state index in [0.717, 1.165) is 57.7 Å². The van der Waals surface area contributed by atoms with Gasteiger partial charge in [0, 0.05) is 6.54 Å². The number of aryl methyl sites for hydroxylation is 1. The Balaban J connectivity index is 1.62. The van der Waals surface area contributed by atoms with Crippen molar-refractivity contribution in [2.75, 3.05) is 32.8 Å². The summed E-state index contributed by atoms with van der Waals surface area (Å²) in [4.78, 5) is 14.2. The van der Waals surface area contributed by atoms with Gasteiger partial charge in [-0.2, -0.15) is 0 Å². The fraction of sp³-hybridized carbons (Fsp3) is 0.632. The fourth-order valence-corrected chi connectivity index (χ4v) is 3.05. The lowest BCUT2D eigenvalue weighted by Gasteiger charge is -2.31. The van der Waals surface area contributed by atoms with Gasteiger partial charge in [0.15, 0.2) is 0 Å². The Morgan fingerprint density at radius 3 is 2.91 bits per heavy atom. The standard InChI is InChI=1S/C19H29NO3/c1-3-22-19(21)17-10-8-13-20(15-17)12-6-7-14-23-18-11-5-4-9-16(18)2/h4-5,9,11,17H,3,6-8,10,12-15H2,1-2H3. The Labute approximate surface area is 139 Å². The van der Waals surface area contributed by atoms with E-state index >= 15 is 0 Å². The Hall–Kier alpha value is -1.55. The lowest BCUT2D eigenvalue weighted by Crippen LogP contribution is -2.39. The maximum atomic E-state index is 11.8. The summed E-state index contributed by atoms with van der Waals surface area (Å²) in [6.07, 6.45) is 4.19. The lowest BCUT2D eigenvalue weighted by molar-refractivity contribution is -0.149. The van der Waals surface area contributed by atoms with E-state index in [0.29, 0.717) is 6.61 Å². The molecule has 1 aliphatic heterocycles. The molecule has 0 amide bonds. The molecule has 0 aliphatic carbocycles. The lowest BCUT2D eigenvalue weighted by atomic mass is 9.98. The van der Waals surface area contributed by atoms with Gasteiger partial charge in [0.25, 0.3) is 0 Å². The van der Waals surface area contributed by atoms with Crippen molar-refractivity contribution in [3.05, 3.63) is 29.8 Å². The molecule has 4 heteroatoms. The number of benzene rings is 1. The minimum Gasteiger partial charge on any atom is -0.493 e. The van der Waals surface area contributed by atoms with Crippen LogP contribution < -0.4 is 4.74 Å². The summed E-state index contributed by atoms with van der Waals surface area (Å²) in [5, 5.41) is 0. The number of hydrogen-bond donors (Lipinski definition) is 0. The van der Waals surface area contributed by atoms with Crippen molar-refractivity contribution in [1.82, 2.24) is 4.90 Å². The molecule has 1 aromatic carbocycles. The Kier molecular flexibility index (Phi) is 7.40. The highest BCUT2D eigenvalue weighted by atomic mass is 16.5. The number of carbonyl (C=O) groups is 1. The van der Waals surface area contributed by atoms with Crippen LogP contribution in [0.1, 0.15) is 38.2 Å². The van der Waals surface area contributed by atoms with Crippen LogP contribution in [0.25, 0.3) is 0 Å². The van der Waals surface area contributed by atoms with Crippen LogP contribution in [0.2, 0.25) is 0 Å². The van der Waals surface area contributed by atoms with Crippen LogP contribution in [-0.2, 0) is 9.53 Å². The molecule has 0 bridgehead atoms. The molecule has 0 N–H and O–H groups in total. The second-order valence-electron chi connectivity index (χ2n) is 6.21. The van der Waals surface area contributed by atoms with Crippen molar-refractivity contribution in [3.63, 3.8) is 0 Å². The van der Waals surface area contributed by atoms with Crippen LogP contribution in [0.3, 0.4) is 0 Å². The summed E-state index contributed by atoms with van der Waals surface area (Å²) in [5.41, 5.74) is 1.18. The van der Waals surface area contributed by atoms with Gasteiger partial charge in [0.05, 0.1) is 19.1 Å². The van der Waals surface area contributed by atoms with Crippen molar-refractivity contribution in [2.45, 2.75) is 39.5 Å². The largest absolute Gasteiger partial charge is 0.493 e. The quantitative estimate of drug-likeness (QED) is 0.543. The van der Waals surface area contributed by atoms with Crippen LogP contribution in [0.4, 0.5) is 0 Å². The number of ether oxygens (including phenoxy) is 2. The second-order valence-corrected chi connectivity index (χ2v) is 6.21. The SMILES string of the molecule is CCOC(=O)C1CCCN(CCCCOc2ccccc2C)C1. The number of rotatable bonds is 8. The zero-order chi connectivity index (χ0) is 16.5. The third kappa shape index (κ3) is 5.87. The van der Waals surface area contributed by atoms with Crippen LogP contribution in [-0.4, -0.2) is 43.7 Å². The predicted molar refractivity (Wildman–Crippen MR) is 91.7 cm³/mol. The van der Waals surface area contributed by atoms with E-state index in [1.165, 1.54) is 5.56 Å². The van der Waals surface area contributed by atoms with Crippen molar-refractivity contribution >= 4 is 5.97 Å². The van der Waals surface area contributed by atoms with Gasteiger partial charge in [-0.3, -0.25) is 4.79 Å². The molecule has 0 saturated carbocycles. The van der Waals surface area contributed by atoms with Gasteiger partial charge < -0.3 is 14.4 Å². The summed E-state index contributed by atoms with van der Waals surface area (Å²) in [6.45, 7) is 8.14. The highest BCUT2D eigenvalue weighted by Gasteiger charge is 2.26. The third-order valence-corrected chi connectivity index (χ3v) is 4.35. The summed E-state index contributed by atoms with van der Waals surface area (Å²) >= 11 is 0. The van der Waals surface area contributed by atoms with Gasteiger partial charge >= 0.3 is 5.97 Å². The first-order chi connectivity index (χ1) is 11.2. The topological polar surface area (TPSA) is 38.8 Å². The van der Waals surface area contributed by atoms with E-state index in [1.807, 2.05) is 25.1 Å². The molecule has 1 unspecified atom stereocenters. The highest BCUT2D eigenvalue weighted by Crippen LogP contribution is 2.19. The molecule has 1 aliphatic rings. The van der Waals surface area contributed by atoms with Crippen molar-refractivity contribution in [1.29, 1.82) is 0 Å². The summed E-state index contributed by atoms with van der Waals surface area (Å²) < 4.78 is 11.0. The highest BCUT2D eigenvalue weighted by molar-refractivity contribution is 5.72. The molecule has 23 heavy (non-hydrogen) atoms. The first-order valence-electron chi connectivity index (χ1n) is 8.78. The van der Waals surface area contributed by atoms with E-state index in [-0.39, 0.29) is 11.9 Å². The number of likely N-dealkylation sites (tertiary alicyclic amines) is 1. The minimum atomic E-state index is -0.0277. The molecule has 2 rings (SSSR count). The molecular formula is C19H29NO3. The number of piperidine rings is 1. The van der Waals surface area contributed by atoms with Crippen molar-refractivity contribution in [3.8, 4) is 5.75 Å². The van der Waals surface area contributed by atoms with E-state index in [9.17, 15) is 4.79 Å². The molecular weight excluding hydrogens is 290 g/mol. The molecule has 1 aromatic rings. The number of hydrogen-bond acceptors (Lipinski definition) is 4. The molecule has 1 atom stereocenters. The van der Waals surface area contributed by atoms with Gasteiger partial charge in [0.2, 0.25) is 0 Å². The summed E-state index contributed by atoms with van der Waals surface area (Å²) in [5.74, 6) is 1.01. The molecule has 1 fully saturated rings. The molecule has 128 valence electrons. The predicted octanol–water partition coefficient (Wildman–Crippen LogP) is 3.43. The normalized spacial score (nSPS) is 18.6. The molecule has 0 radical (unpaired) electrons. The van der Waals surface area contributed by atoms with Crippen molar-refractivity contribution in [2.24, 2.45) is 5.92 Å². The zero-order valence-corrected chi connectivity index (χ0v) is 14.4. The number of para-hydroxylation sites is 1. The van der Waals surface area contributed by atoms with Crippen molar-refractivity contribution < 1.29 is 14.3 Å². The smallest absolute Gasteiger partial charge is 0.310 e. The first-order valence-corrected chi connectivity index (χ1v) is 8.78. The average molecular weight is 319 g/mol. The fourth-order valence-electron chi connectivity index (χ4n) is 3.05. The van der Waals surface area contributed by atoms with Gasteiger partial charge in [-0.05, 0) is 64.3 Å². The summed E-state index contributed by atoms with van der Waals surface area (Å²) in [6, 6.07) is 8.12. The molecule has 0 spiro atoms. The zero-order valence-electron chi connectivity index (χ0n) is 14.4. The maximum Gasteiger partial charge on any atom is 0.310 e. The van der Waals surface area contributed by atoms with E-state index in [2.05, 4.69) is 17.9 Å². The van der Waals surface area contributed by atoms with Gasteiger partial charge in [0.1, 0.15) is 5.75 Å². The Morgan fingerprint density at radius 1 is 1.30 bits per heavy atom. The minimum absolute atomic E-state index is 0.0277. The van der Waals surface area contributed by atoms with Gasteiger partial charge in [-0.1, -0.05) is 18.2 Å². The number of esters is 1. The van der Waals surface area contributed by atoms with Gasteiger partial charge in [-0.15, -0.1) is 0 Å². The Morgan fingerprint density at radius 2 is 2.13 bits per heavy atom. The van der Waals surface area contributed by atoms with Crippen LogP contribution in [0.15, 0.2) is 24.3 Å². The third-order valence-electron chi connectivity index (χ3n) is 4.35. The first kappa shape index (κ1) is 17.8. The molecule has 1 heterocycles. The van der Waals surface area contributed by atoms with Crippen LogP contribution in [0.5, 0.6) is 5.75 Å². The maximum absolute atomic E-state index is 11.8. The summed E-state index contributed by atoms with van der Waals surface area (Å²) in [7, 11) is 0. The number of nitrogens with zero attached hydrogens (tertiary/aromatic N) is 1. The second kappa shape index (κ2) is 9.56. The van der Waals surface area contributed by atoms with Gasteiger partial charge in [-0.25, -0.2) is 0 Å². The average Bonchev–Trinajstić information content (AvgIpc) is 2.57. The van der Waals surface area contributed by atoms with Crippen LogP contribution in [0, 0.1) is 12.8 Å². The van der Waals surface area contributed by atoms with E-state index < -0.39 is 0 Å². The molecule has 1 saturated heterocycles. The molecule has 4 nitrogen and oxygen atoms in total. The monoisotopic (exact) mass is 319 g/mol. The van der Waals surface area contributed by atoms with Crippen LogP contribution >= 0.6 is 0 Å². The Bertz CT molecular complexity index is 489. The number of carbonyl (C=O) groups excluding carboxylic acids is 1. The van der Waals surface area contributed by atoms with E-state index in [4.69, 9.17) is 9.47 Å². The number of unbranched alkanes of at least 4 members (excludes halogenated alkanes) is 1.